The van der Waals surface area contributed by atoms with E-state index in [2.05, 4.69) is 6.58 Å². The van der Waals surface area contributed by atoms with Gasteiger partial charge in [0.15, 0.2) is 0 Å². The highest BCUT2D eigenvalue weighted by Crippen LogP contribution is 2.23. The molecule has 0 rings (SSSR count). The summed E-state index contributed by atoms with van der Waals surface area (Å²) in [6.07, 6.45) is 5.08. The molecule has 0 aromatic carbocycles. The smallest absolute Gasteiger partial charge is 0.0885 e. The molecule has 15 heavy (non-hydrogen) atoms. The Hall–Kier alpha value is -0.600. The Morgan fingerprint density at radius 3 is 2.13 bits per heavy atom. The number of hydrogen-bond acceptors (Lipinski definition) is 2. The fourth-order valence-electron chi connectivity index (χ4n) is 1.21. The zero-order chi connectivity index (χ0) is 12.1. The van der Waals surface area contributed by atoms with Gasteiger partial charge in [-0.05, 0) is 18.3 Å². The van der Waals surface area contributed by atoms with Gasteiger partial charge in [-0.2, -0.15) is 0 Å². The van der Waals surface area contributed by atoms with Crippen LogP contribution >= 0.6 is 0 Å². The van der Waals surface area contributed by atoms with E-state index in [4.69, 9.17) is 0 Å². The van der Waals surface area contributed by atoms with Gasteiger partial charge in [0.05, 0.1) is 11.7 Å². The van der Waals surface area contributed by atoms with E-state index in [9.17, 15) is 10.2 Å². The van der Waals surface area contributed by atoms with Gasteiger partial charge >= 0.3 is 0 Å². The second-order valence-corrected chi connectivity index (χ2v) is 4.73. The lowest BCUT2D eigenvalue weighted by Gasteiger charge is -2.28. The molecule has 0 spiro atoms. The maximum Gasteiger partial charge on any atom is 0.0885 e. The molecule has 0 fully saturated rings. The highest BCUT2D eigenvalue weighted by Gasteiger charge is 2.26. The molecule has 0 saturated heterocycles. The largest absolute Gasteiger partial charge is 0.389 e. The third-order valence-electron chi connectivity index (χ3n) is 2.74. The number of rotatable bonds is 6. The lowest BCUT2D eigenvalue weighted by Crippen LogP contribution is -2.32. The van der Waals surface area contributed by atoms with Crippen molar-refractivity contribution in [1.29, 1.82) is 0 Å². The van der Waals surface area contributed by atoms with Crippen molar-refractivity contribution in [2.75, 3.05) is 0 Å². The summed E-state index contributed by atoms with van der Waals surface area (Å²) in [6.45, 7) is 11.4. The van der Waals surface area contributed by atoms with E-state index >= 15 is 0 Å². The van der Waals surface area contributed by atoms with Crippen molar-refractivity contribution >= 4 is 0 Å². The second kappa shape index (κ2) is 6.09. The predicted molar refractivity (Wildman–Crippen MR) is 64.6 cm³/mol. The van der Waals surface area contributed by atoms with Crippen LogP contribution in [0.25, 0.3) is 0 Å². The van der Waals surface area contributed by atoms with Crippen LogP contribution in [-0.2, 0) is 0 Å². The maximum absolute atomic E-state index is 10.3. The molecule has 0 bridgehead atoms. The second-order valence-electron chi connectivity index (χ2n) is 4.73. The molecule has 2 N–H and O–H groups in total. The van der Waals surface area contributed by atoms with Crippen LogP contribution in [0, 0.1) is 11.8 Å². The van der Waals surface area contributed by atoms with Gasteiger partial charge in [0.25, 0.3) is 0 Å². The van der Waals surface area contributed by atoms with Crippen molar-refractivity contribution < 1.29 is 10.2 Å². The first kappa shape index (κ1) is 14.4. The first-order valence-corrected chi connectivity index (χ1v) is 5.54. The van der Waals surface area contributed by atoms with Crippen molar-refractivity contribution in [1.82, 2.24) is 0 Å². The minimum atomic E-state index is -0.891. The van der Waals surface area contributed by atoms with Gasteiger partial charge in [-0.1, -0.05) is 45.9 Å². The summed E-state index contributed by atoms with van der Waals surface area (Å²) in [5.41, 5.74) is -0.891. The third kappa shape index (κ3) is 4.63. The highest BCUT2D eigenvalue weighted by atomic mass is 16.3. The molecule has 2 heteroatoms. The van der Waals surface area contributed by atoms with Gasteiger partial charge in [0.1, 0.15) is 0 Å². The molecular formula is C13H24O2. The Labute approximate surface area is 93.3 Å². The molecule has 2 atom stereocenters. The molecule has 2 unspecified atom stereocenters. The van der Waals surface area contributed by atoms with E-state index in [1.165, 1.54) is 0 Å². The standard InChI is InChI=1S/C13H24O2/c1-6-8-13(15,11(4)5)9-7-12(14)10(2)3/h6-7,9-12,14-15H,1,8H2,2-5H3. The van der Waals surface area contributed by atoms with Crippen LogP contribution in [0.5, 0.6) is 0 Å². The lowest BCUT2D eigenvalue weighted by atomic mass is 9.86. The fourth-order valence-corrected chi connectivity index (χ4v) is 1.21. The van der Waals surface area contributed by atoms with Crippen LogP contribution in [-0.4, -0.2) is 21.9 Å². The summed E-state index contributed by atoms with van der Waals surface area (Å²) in [5.74, 6) is 0.271. The van der Waals surface area contributed by atoms with Crippen LogP contribution in [0.2, 0.25) is 0 Å². The van der Waals surface area contributed by atoms with Crippen LogP contribution in [0.1, 0.15) is 34.1 Å². The Balaban J connectivity index is 4.60. The van der Waals surface area contributed by atoms with Gasteiger partial charge in [0.2, 0.25) is 0 Å². The Morgan fingerprint density at radius 2 is 1.80 bits per heavy atom. The SMILES string of the molecule is C=CCC(O)(C=CC(O)C(C)C)C(C)C. The minimum Gasteiger partial charge on any atom is -0.389 e. The van der Waals surface area contributed by atoms with E-state index in [-0.39, 0.29) is 11.8 Å². The maximum atomic E-state index is 10.3. The number of aliphatic hydroxyl groups excluding tert-OH is 1. The minimum absolute atomic E-state index is 0.103. The predicted octanol–water partition coefficient (Wildman–Crippen LogP) is 2.52. The molecule has 0 aliphatic rings. The van der Waals surface area contributed by atoms with Crippen LogP contribution < -0.4 is 0 Å². The molecule has 0 saturated carbocycles. The van der Waals surface area contributed by atoms with Crippen LogP contribution in [0.3, 0.4) is 0 Å². The van der Waals surface area contributed by atoms with Gasteiger partial charge in [-0.25, -0.2) is 0 Å². The van der Waals surface area contributed by atoms with E-state index < -0.39 is 11.7 Å². The fraction of sp³-hybridized carbons (Fsp3) is 0.692. The zero-order valence-electron chi connectivity index (χ0n) is 10.3. The highest BCUT2D eigenvalue weighted by molar-refractivity contribution is 5.07. The van der Waals surface area contributed by atoms with Crippen LogP contribution in [0.4, 0.5) is 0 Å². The monoisotopic (exact) mass is 212 g/mol. The normalized spacial score (nSPS) is 18.4. The van der Waals surface area contributed by atoms with Crippen molar-refractivity contribution in [2.24, 2.45) is 11.8 Å². The molecule has 0 aromatic heterocycles. The molecule has 0 aromatic rings. The van der Waals surface area contributed by atoms with Crippen molar-refractivity contribution in [2.45, 2.75) is 45.8 Å². The van der Waals surface area contributed by atoms with Crippen molar-refractivity contribution in [3.05, 3.63) is 24.8 Å². The quantitative estimate of drug-likeness (QED) is 0.664. The van der Waals surface area contributed by atoms with Crippen LogP contribution in [0.15, 0.2) is 24.8 Å². The topological polar surface area (TPSA) is 40.5 Å². The number of hydrogen-bond donors (Lipinski definition) is 2. The van der Waals surface area contributed by atoms with Gasteiger partial charge in [-0.3, -0.25) is 0 Å². The Bertz CT molecular complexity index is 219. The lowest BCUT2D eigenvalue weighted by molar-refractivity contribution is 0.0444. The Morgan fingerprint density at radius 1 is 1.27 bits per heavy atom. The first-order chi connectivity index (χ1) is 6.83. The molecule has 2 nitrogen and oxygen atoms in total. The summed E-state index contributed by atoms with van der Waals surface area (Å²) in [5, 5.41) is 19.9. The summed E-state index contributed by atoms with van der Waals surface area (Å²) in [6, 6.07) is 0. The van der Waals surface area contributed by atoms with Crippen molar-refractivity contribution in [3.8, 4) is 0 Å². The van der Waals surface area contributed by atoms with E-state index in [0.29, 0.717) is 6.42 Å². The molecule has 0 aliphatic carbocycles. The first-order valence-electron chi connectivity index (χ1n) is 5.54. The number of aliphatic hydroxyl groups is 2. The van der Waals surface area contributed by atoms with Gasteiger partial charge < -0.3 is 10.2 Å². The molecule has 0 heterocycles. The molecule has 0 amide bonds. The average molecular weight is 212 g/mol. The molecule has 88 valence electrons. The summed E-state index contributed by atoms with van der Waals surface area (Å²) in [7, 11) is 0. The summed E-state index contributed by atoms with van der Waals surface area (Å²) in [4.78, 5) is 0. The van der Waals surface area contributed by atoms with Gasteiger partial charge in [0, 0.05) is 0 Å². The average Bonchev–Trinajstić information content (AvgIpc) is 2.14. The Kier molecular flexibility index (Phi) is 5.84. The van der Waals surface area contributed by atoms with E-state index in [0.717, 1.165) is 0 Å². The third-order valence-corrected chi connectivity index (χ3v) is 2.74. The van der Waals surface area contributed by atoms with E-state index in [1.54, 1.807) is 18.2 Å². The molecule has 0 aliphatic heterocycles. The summed E-state index contributed by atoms with van der Waals surface area (Å²) < 4.78 is 0. The summed E-state index contributed by atoms with van der Waals surface area (Å²) >= 11 is 0. The van der Waals surface area contributed by atoms with Gasteiger partial charge in [-0.15, -0.1) is 6.58 Å². The molecule has 0 radical (unpaired) electrons. The van der Waals surface area contributed by atoms with Crippen molar-refractivity contribution in [3.63, 3.8) is 0 Å². The zero-order valence-corrected chi connectivity index (χ0v) is 10.3. The van der Waals surface area contributed by atoms with E-state index in [1.807, 2.05) is 27.7 Å². The molecular weight excluding hydrogens is 188 g/mol.